The van der Waals surface area contributed by atoms with Crippen LogP contribution in [0.25, 0.3) is 0 Å². The van der Waals surface area contributed by atoms with Crippen molar-refractivity contribution < 1.29 is 0 Å². The molecule has 2 aliphatic carbocycles. The molecule has 0 amide bonds. The number of fused-ring (bicyclic) bond motifs is 1. The van der Waals surface area contributed by atoms with Gasteiger partial charge in [0.1, 0.15) is 9.53 Å². The van der Waals surface area contributed by atoms with Crippen LogP contribution in [0.4, 0.5) is 0 Å². The van der Waals surface area contributed by atoms with E-state index in [9.17, 15) is 0 Å². The molecule has 0 aromatic carbocycles. The average molecular weight is 329 g/mol. The monoisotopic (exact) mass is 329 g/mol. The molecule has 0 spiro atoms. The molecule has 86 valence electrons. The van der Waals surface area contributed by atoms with Crippen molar-refractivity contribution in [2.75, 3.05) is 18.1 Å². The van der Waals surface area contributed by atoms with Crippen LogP contribution in [0, 0.1) is 21.5 Å². The zero-order chi connectivity index (χ0) is 10.7. The second-order valence-electron chi connectivity index (χ2n) is 5.60. The van der Waals surface area contributed by atoms with Crippen molar-refractivity contribution >= 4 is 22.6 Å². The Morgan fingerprint density at radius 2 is 2.06 bits per heavy atom. The molecule has 3 aliphatic rings. The highest BCUT2D eigenvalue weighted by molar-refractivity contribution is 14.1. The number of imidazole rings is 1. The summed E-state index contributed by atoms with van der Waals surface area (Å²) in [5.41, 5.74) is 0. The van der Waals surface area contributed by atoms with E-state index in [4.69, 9.17) is 0 Å². The number of rotatable bonds is 3. The summed E-state index contributed by atoms with van der Waals surface area (Å²) in [5, 5.41) is 2.51. The molecule has 16 heavy (non-hydrogen) atoms. The second kappa shape index (κ2) is 3.37. The molecule has 0 bridgehead atoms. The lowest BCUT2D eigenvalue weighted by Crippen LogP contribution is -2.34. The predicted molar refractivity (Wildman–Crippen MR) is 70.9 cm³/mol. The van der Waals surface area contributed by atoms with Gasteiger partial charge >= 0.3 is 0 Å². The highest BCUT2D eigenvalue weighted by atomic mass is 127. The van der Waals surface area contributed by atoms with E-state index in [-0.39, 0.29) is 0 Å². The van der Waals surface area contributed by atoms with Crippen LogP contribution >= 0.6 is 22.6 Å². The molecule has 2 heterocycles. The topological polar surface area (TPSA) is 21.1 Å². The van der Waals surface area contributed by atoms with Gasteiger partial charge < -0.3 is 5.01 Å². The summed E-state index contributed by atoms with van der Waals surface area (Å²) in [6.45, 7) is 2.52. The van der Waals surface area contributed by atoms with Gasteiger partial charge in [-0.3, -0.25) is 0 Å². The standard InChI is InChI=1S/C12H16IN3/c13-11-7-16(12(14-11)3-8-1-2-8)15-5-9-4-10(9)6-15/h7-10H,1-6H2. The van der Waals surface area contributed by atoms with E-state index < -0.39 is 0 Å². The first kappa shape index (κ1) is 9.74. The van der Waals surface area contributed by atoms with Crippen molar-refractivity contribution in [3.05, 3.63) is 15.7 Å². The molecule has 0 N–H and O–H groups in total. The summed E-state index contributed by atoms with van der Waals surface area (Å²) in [4.78, 5) is 4.68. The maximum absolute atomic E-state index is 4.68. The van der Waals surface area contributed by atoms with Crippen LogP contribution in [0.5, 0.6) is 0 Å². The molecule has 0 radical (unpaired) electrons. The zero-order valence-corrected chi connectivity index (χ0v) is 11.4. The molecule has 1 saturated heterocycles. The summed E-state index contributed by atoms with van der Waals surface area (Å²) in [5.74, 6) is 4.21. The van der Waals surface area contributed by atoms with Crippen molar-refractivity contribution in [2.45, 2.75) is 25.7 Å². The van der Waals surface area contributed by atoms with Gasteiger partial charge in [0.25, 0.3) is 0 Å². The van der Waals surface area contributed by atoms with Crippen LogP contribution in [0.2, 0.25) is 0 Å². The van der Waals surface area contributed by atoms with Crippen molar-refractivity contribution in [1.82, 2.24) is 9.66 Å². The fourth-order valence-electron chi connectivity index (χ4n) is 2.89. The largest absolute Gasteiger partial charge is 0.311 e. The molecule has 2 saturated carbocycles. The molecule has 2 unspecified atom stereocenters. The minimum atomic E-state index is 0.925. The first-order valence-electron chi connectivity index (χ1n) is 6.28. The Morgan fingerprint density at radius 3 is 2.75 bits per heavy atom. The summed E-state index contributed by atoms with van der Waals surface area (Å²) >= 11 is 2.34. The SMILES string of the molecule is Ic1cn(N2CC3CC3C2)c(CC2CC2)n1. The number of hydrogen-bond acceptors (Lipinski definition) is 2. The Labute approximate surface area is 109 Å². The van der Waals surface area contributed by atoms with E-state index >= 15 is 0 Å². The molecule has 3 nitrogen and oxygen atoms in total. The van der Waals surface area contributed by atoms with Crippen LogP contribution < -0.4 is 5.01 Å². The second-order valence-corrected chi connectivity index (χ2v) is 6.70. The summed E-state index contributed by atoms with van der Waals surface area (Å²) < 4.78 is 3.50. The van der Waals surface area contributed by atoms with Crippen LogP contribution in [-0.4, -0.2) is 22.7 Å². The highest BCUT2D eigenvalue weighted by Gasteiger charge is 2.45. The molecule has 3 fully saturated rings. The van der Waals surface area contributed by atoms with Gasteiger partial charge in [-0.1, -0.05) is 0 Å². The van der Waals surface area contributed by atoms with Gasteiger partial charge in [-0.2, -0.15) is 0 Å². The Balaban J connectivity index is 1.59. The van der Waals surface area contributed by atoms with Crippen LogP contribution in [-0.2, 0) is 6.42 Å². The van der Waals surface area contributed by atoms with E-state index in [1.807, 2.05) is 0 Å². The lowest BCUT2D eigenvalue weighted by atomic mass is 10.3. The Hall–Kier alpha value is -0.260. The van der Waals surface area contributed by atoms with Crippen molar-refractivity contribution in [3.63, 3.8) is 0 Å². The fourth-order valence-corrected chi connectivity index (χ4v) is 3.43. The van der Waals surface area contributed by atoms with Gasteiger partial charge in [0.05, 0.1) is 6.20 Å². The third-order valence-electron chi connectivity index (χ3n) is 4.16. The number of aromatic nitrogens is 2. The number of hydrogen-bond donors (Lipinski definition) is 0. The van der Waals surface area contributed by atoms with Crippen molar-refractivity contribution in [3.8, 4) is 0 Å². The van der Waals surface area contributed by atoms with E-state index in [2.05, 4.69) is 43.5 Å². The van der Waals surface area contributed by atoms with E-state index in [1.165, 1.54) is 44.6 Å². The third-order valence-corrected chi connectivity index (χ3v) is 4.68. The van der Waals surface area contributed by atoms with E-state index in [0.717, 1.165) is 21.5 Å². The van der Waals surface area contributed by atoms with Gasteiger partial charge in [-0.25, -0.2) is 9.66 Å². The average Bonchev–Trinajstić information content (AvgIpc) is 3.13. The molecule has 1 aliphatic heterocycles. The fraction of sp³-hybridized carbons (Fsp3) is 0.750. The first-order valence-corrected chi connectivity index (χ1v) is 7.36. The summed E-state index contributed by atoms with van der Waals surface area (Å²) in [6.07, 6.45) is 7.70. The molecule has 1 aromatic heterocycles. The van der Waals surface area contributed by atoms with Crippen molar-refractivity contribution in [2.24, 2.45) is 17.8 Å². The van der Waals surface area contributed by atoms with Gasteiger partial charge in [0.15, 0.2) is 0 Å². The lowest BCUT2D eigenvalue weighted by Gasteiger charge is -2.23. The zero-order valence-electron chi connectivity index (χ0n) is 9.27. The Bertz CT molecular complexity index is 414. The highest BCUT2D eigenvalue weighted by Crippen LogP contribution is 2.44. The third kappa shape index (κ3) is 1.65. The van der Waals surface area contributed by atoms with E-state index in [1.54, 1.807) is 0 Å². The minimum Gasteiger partial charge on any atom is -0.311 e. The summed E-state index contributed by atoms with van der Waals surface area (Å²) in [6, 6.07) is 0. The Kier molecular flexibility index (Phi) is 2.05. The number of halogens is 1. The van der Waals surface area contributed by atoms with Crippen LogP contribution in [0.3, 0.4) is 0 Å². The normalized spacial score (nSPS) is 31.9. The van der Waals surface area contributed by atoms with Crippen molar-refractivity contribution in [1.29, 1.82) is 0 Å². The van der Waals surface area contributed by atoms with Gasteiger partial charge in [-0.05, 0) is 59.6 Å². The molecule has 4 rings (SSSR count). The van der Waals surface area contributed by atoms with E-state index in [0.29, 0.717) is 0 Å². The molecule has 2 atom stereocenters. The number of nitrogens with zero attached hydrogens (tertiary/aromatic N) is 3. The maximum Gasteiger partial charge on any atom is 0.129 e. The molecule has 4 heteroatoms. The molecular formula is C12H16IN3. The van der Waals surface area contributed by atoms with Gasteiger partial charge in [0, 0.05) is 19.5 Å². The van der Waals surface area contributed by atoms with Crippen LogP contribution in [0.1, 0.15) is 25.1 Å². The Morgan fingerprint density at radius 1 is 1.31 bits per heavy atom. The lowest BCUT2D eigenvalue weighted by molar-refractivity contribution is 0.571. The van der Waals surface area contributed by atoms with Crippen LogP contribution in [0.15, 0.2) is 6.20 Å². The minimum absolute atomic E-state index is 0.925. The quantitative estimate of drug-likeness (QED) is 0.792. The number of piperidine rings is 1. The van der Waals surface area contributed by atoms with Gasteiger partial charge in [0.2, 0.25) is 0 Å². The first-order chi connectivity index (χ1) is 7.79. The maximum atomic E-state index is 4.68. The molecular weight excluding hydrogens is 313 g/mol. The smallest absolute Gasteiger partial charge is 0.129 e. The predicted octanol–water partition coefficient (Wildman–Crippen LogP) is 2.03. The summed E-state index contributed by atoms with van der Waals surface area (Å²) in [7, 11) is 0. The molecule has 1 aromatic rings. The van der Waals surface area contributed by atoms with Gasteiger partial charge in [-0.15, -0.1) is 0 Å².